The van der Waals surface area contributed by atoms with Crippen LogP contribution in [0, 0.1) is 5.92 Å². The largest absolute Gasteiger partial charge is 0.465 e. The minimum Gasteiger partial charge on any atom is -0.465 e. The summed E-state index contributed by atoms with van der Waals surface area (Å²) < 4.78 is 4.80. The predicted octanol–water partition coefficient (Wildman–Crippen LogP) is 5.54. The van der Waals surface area contributed by atoms with E-state index in [-0.39, 0.29) is 11.9 Å². The zero-order chi connectivity index (χ0) is 28.2. The molecule has 0 spiro atoms. The summed E-state index contributed by atoms with van der Waals surface area (Å²) in [7, 11) is 1.37. The summed E-state index contributed by atoms with van der Waals surface area (Å²) >= 11 is 6.15. The van der Waals surface area contributed by atoms with Crippen LogP contribution in [0.15, 0.2) is 66.7 Å². The normalized spacial score (nSPS) is 17.0. The third kappa shape index (κ3) is 6.03. The topological polar surface area (TPSA) is 93.5 Å². The highest BCUT2D eigenvalue weighted by Gasteiger charge is 2.29. The number of benzene rings is 3. The Bertz CT molecular complexity index is 1330. The van der Waals surface area contributed by atoms with Gasteiger partial charge in [-0.05, 0) is 84.0 Å². The molecule has 1 atom stereocenters. The fourth-order valence-corrected chi connectivity index (χ4v) is 5.82. The van der Waals surface area contributed by atoms with E-state index >= 15 is 0 Å². The lowest BCUT2D eigenvalue weighted by Gasteiger charge is -2.37. The minimum atomic E-state index is -0.889. The van der Waals surface area contributed by atoms with Crippen LogP contribution in [0.2, 0.25) is 5.02 Å². The molecule has 3 aromatic rings. The van der Waals surface area contributed by atoms with E-state index in [1.807, 2.05) is 36.4 Å². The SMILES string of the molecule is COC(=O)c1ccc(N2CCC(C(O)c3cc(N4CCN(C(=O)O)CC4)ccc3-c3ccc(Cl)cc3)CC2)cc1. The molecule has 2 aliphatic rings. The van der Waals surface area contributed by atoms with E-state index in [0.29, 0.717) is 36.8 Å². The quantitative estimate of drug-likeness (QED) is 0.380. The zero-order valence-electron chi connectivity index (χ0n) is 22.5. The highest BCUT2D eigenvalue weighted by atomic mass is 35.5. The second kappa shape index (κ2) is 12.2. The van der Waals surface area contributed by atoms with Crippen LogP contribution in [0.1, 0.15) is 34.9 Å². The van der Waals surface area contributed by atoms with Crippen LogP contribution in [0.4, 0.5) is 16.2 Å². The number of carbonyl (C=O) groups is 2. The Balaban J connectivity index is 1.34. The molecule has 0 radical (unpaired) electrons. The first-order valence-electron chi connectivity index (χ1n) is 13.6. The number of esters is 1. The highest BCUT2D eigenvalue weighted by molar-refractivity contribution is 6.30. The molecule has 210 valence electrons. The van der Waals surface area contributed by atoms with E-state index in [4.69, 9.17) is 16.3 Å². The van der Waals surface area contributed by atoms with Gasteiger partial charge in [-0.3, -0.25) is 0 Å². The Hall–Kier alpha value is -3.75. The number of methoxy groups -OCH3 is 1. The molecule has 0 aliphatic carbocycles. The molecule has 2 saturated heterocycles. The molecule has 5 rings (SSSR count). The molecule has 40 heavy (non-hydrogen) atoms. The van der Waals surface area contributed by atoms with Crippen molar-refractivity contribution in [3.8, 4) is 11.1 Å². The molecule has 3 aromatic carbocycles. The number of anilines is 2. The van der Waals surface area contributed by atoms with Crippen molar-refractivity contribution in [3.63, 3.8) is 0 Å². The molecule has 9 heteroatoms. The molecule has 0 aromatic heterocycles. The number of hydrogen-bond donors (Lipinski definition) is 2. The van der Waals surface area contributed by atoms with E-state index in [1.54, 1.807) is 12.1 Å². The number of nitrogens with zero attached hydrogens (tertiary/aromatic N) is 3. The third-order valence-electron chi connectivity index (χ3n) is 8.06. The van der Waals surface area contributed by atoms with Crippen LogP contribution >= 0.6 is 11.6 Å². The Morgan fingerprint density at radius 1 is 0.850 bits per heavy atom. The number of carbonyl (C=O) groups excluding carboxylic acids is 1. The maximum absolute atomic E-state index is 11.8. The van der Waals surface area contributed by atoms with Gasteiger partial charge in [0.05, 0.1) is 18.8 Å². The molecule has 8 nitrogen and oxygen atoms in total. The van der Waals surface area contributed by atoms with Crippen molar-refractivity contribution >= 4 is 35.0 Å². The maximum Gasteiger partial charge on any atom is 0.407 e. The van der Waals surface area contributed by atoms with E-state index in [2.05, 4.69) is 28.0 Å². The van der Waals surface area contributed by atoms with Gasteiger partial charge in [0.15, 0.2) is 0 Å². The summed E-state index contributed by atoms with van der Waals surface area (Å²) in [5, 5.41) is 21.7. The Morgan fingerprint density at radius 2 is 1.45 bits per heavy atom. The standard InChI is InChI=1S/C31H34ClN3O5/c1-40-30(37)23-4-8-25(9-5-23)33-14-12-22(13-15-33)29(36)28-20-26(34-16-18-35(19-17-34)31(38)39)10-11-27(28)21-2-6-24(32)7-3-21/h2-11,20,22,29,36H,12-19H2,1H3,(H,38,39). The molecule has 2 N–H and O–H groups in total. The number of hydrogen-bond acceptors (Lipinski definition) is 6. The number of halogens is 1. The predicted molar refractivity (Wildman–Crippen MR) is 156 cm³/mol. The van der Waals surface area contributed by atoms with Crippen LogP contribution in [-0.4, -0.2) is 73.6 Å². The number of carboxylic acid groups (broad SMARTS) is 1. The van der Waals surface area contributed by atoms with Gasteiger partial charge in [-0.2, -0.15) is 0 Å². The van der Waals surface area contributed by atoms with E-state index in [9.17, 15) is 19.8 Å². The van der Waals surface area contributed by atoms with Crippen molar-refractivity contribution in [2.75, 3.05) is 56.2 Å². The van der Waals surface area contributed by atoms with Crippen molar-refractivity contribution in [1.29, 1.82) is 0 Å². The van der Waals surface area contributed by atoms with Crippen LogP contribution < -0.4 is 9.80 Å². The monoisotopic (exact) mass is 563 g/mol. The number of amides is 1. The zero-order valence-corrected chi connectivity index (χ0v) is 23.3. The van der Waals surface area contributed by atoms with Crippen molar-refractivity contribution in [2.45, 2.75) is 18.9 Å². The number of piperidine rings is 1. The van der Waals surface area contributed by atoms with Gasteiger partial charge in [0, 0.05) is 55.7 Å². The summed E-state index contributed by atoms with van der Waals surface area (Å²) in [6, 6.07) is 21.3. The van der Waals surface area contributed by atoms with Gasteiger partial charge >= 0.3 is 12.1 Å². The fourth-order valence-electron chi connectivity index (χ4n) is 5.69. The number of aliphatic hydroxyl groups is 1. The van der Waals surface area contributed by atoms with Crippen LogP contribution in [0.25, 0.3) is 11.1 Å². The Kier molecular flexibility index (Phi) is 8.47. The molecular weight excluding hydrogens is 530 g/mol. The van der Waals surface area contributed by atoms with Crippen molar-refractivity contribution in [3.05, 3.63) is 82.9 Å². The highest BCUT2D eigenvalue weighted by Crippen LogP contribution is 2.39. The number of rotatable bonds is 6. The summed E-state index contributed by atoms with van der Waals surface area (Å²) in [5.41, 5.74) is 5.39. The second-order valence-electron chi connectivity index (χ2n) is 10.3. The average Bonchev–Trinajstić information content (AvgIpc) is 3.00. The molecular formula is C31H34ClN3O5. The van der Waals surface area contributed by atoms with E-state index in [0.717, 1.165) is 54.0 Å². The summed E-state index contributed by atoms with van der Waals surface area (Å²) in [6.07, 6.45) is 0.0950. The first kappa shape index (κ1) is 27.8. The van der Waals surface area contributed by atoms with Crippen molar-refractivity contribution in [2.24, 2.45) is 5.92 Å². The average molecular weight is 564 g/mol. The third-order valence-corrected chi connectivity index (χ3v) is 8.32. The molecule has 1 amide bonds. The molecule has 0 bridgehead atoms. The van der Waals surface area contributed by atoms with Gasteiger partial charge in [0.25, 0.3) is 0 Å². The summed E-state index contributed by atoms with van der Waals surface area (Å²) in [6.45, 7) is 3.71. The number of aliphatic hydroxyl groups excluding tert-OH is 1. The molecule has 0 saturated carbocycles. The molecule has 2 heterocycles. The number of piperazine rings is 1. The first-order chi connectivity index (χ1) is 19.3. The lowest BCUT2D eigenvalue weighted by molar-refractivity contribution is 0.0600. The Morgan fingerprint density at radius 3 is 2.05 bits per heavy atom. The van der Waals surface area contributed by atoms with E-state index in [1.165, 1.54) is 12.0 Å². The minimum absolute atomic E-state index is 0.0794. The van der Waals surface area contributed by atoms with Gasteiger partial charge in [-0.25, -0.2) is 9.59 Å². The first-order valence-corrected chi connectivity index (χ1v) is 14.0. The Labute approximate surface area is 239 Å². The molecule has 1 unspecified atom stereocenters. The van der Waals surface area contributed by atoms with Crippen molar-refractivity contribution in [1.82, 2.24) is 4.90 Å². The van der Waals surface area contributed by atoms with Gasteiger partial charge in [-0.15, -0.1) is 0 Å². The number of ether oxygens (including phenoxy) is 1. The van der Waals surface area contributed by atoms with E-state index < -0.39 is 12.2 Å². The fraction of sp³-hybridized carbons (Fsp3) is 0.355. The lowest BCUT2D eigenvalue weighted by atomic mass is 9.84. The van der Waals surface area contributed by atoms with Crippen molar-refractivity contribution < 1.29 is 24.5 Å². The smallest absolute Gasteiger partial charge is 0.407 e. The van der Waals surface area contributed by atoms with Gasteiger partial charge < -0.3 is 29.6 Å². The second-order valence-corrected chi connectivity index (χ2v) is 10.8. The van der Waals surface area contributed by atoms with Crippen LogP contribution in [0.5, 0.6) is 0 Å². The van der Waals surface area contributed by atoms with Gasteiger partial charge in [0.1, 0.15) is 0 Å². The van der Waals surface area contributed by atoms with Gasteiger partial charge in [0.2, 0.25) is 0 Å². The molecule has 2 aliphatic heterocycles. The summed E-state index contributed by atoms with van der Waals surface area (Å²) in [5.74, 6) is -0.272. The van der Waals surface area contributed by atoms with Gasteiger partial charge in [-0.1, -0.05) is 29.8 Å². The van der Waals surface area contributed by atoms with Crippen LogP contribution in [0.3, 0.4) is 0 Å². The summed E-state index contributed by atoms with van der Waals surface area (Å²) in [4.78, 5) is 29.0. The lowest BCUT2D eigenvalue weighted by Crippen LogP contribution is -2.48. The molecule has 2 fully saturated rings. The van der Waals surface area contributed by atoms with Crippen LogP contribution in [-0.2, 0) is 4.74 Å². The maximum atomic E-state index is 11.8.